The molecule has 0 saturated carbocycles. The van der Waals surface area contributed by atoms with E-state index in [0.717, 1.165) is 32.7 Å². The number of carbonyl (C=O) groups is 1. The molecule has 1 heterocycles. The van der Waals surface area contributed by atoms with Gasteiger partial charge in [0.25, 0.3) is 5.91 Å². The van der Waals surface area contributed by atoms with Crippen molar-refractivity contribution in [3.63, 3.8) is 0 Å². The van der Waals surface area contributed by atoms with Crippen molar-refractivity contribution in [2.75, 3.05) is 37.6 Å². The van der Waals surface area contributed by atoms with Gasteiger partial charge in [-0.1, -0.05) is 23.7 Å². The van der Waals surface area contributed by atoms with Crippen LogP contribution in [-0.2, 0) is 0 Å². The molecule has 148 valence electrons. The van der Waals surface area contributed by atoms with Crippen LogP contribution in [0.5, 0.6) is 0 Å². The first-order chi connectivity index (χ1) is 13.5. The van der Waals surface area contributed by atoms with Gasteiger partial charge in [-0.25, -0.2) is 9.82 Å². The molecular formula is C21H25ClFN4O+. The van der Waals surface area contributed by atoms with Gasteiger partial charge in [-0.05, 0) is 44.2 Å². The van der Waals surface area contributed by atoms with Crippen LogP contribution in [-0.4, -0.2) is 44.3 Å². The predicted octanol–water partition coefficient (Wildman–Crippen LogP) is 2.36. The van der Waals surface area contributed by atoms with E-state index in [2.05, 4.69) is 22.4 Å². The molecule has 0 aliphatic carbocycles. The van der Waals surface area contributed by atoms with E-state index in [4.69, 9.17) is 11.6 Å². The third-order valence-electron chi connectivity index (χ3n) is 5.09. The molecule has 1 fully saturated rings. The molecule has 2 aromatic carbocycles. The Morgan fingerprint density at radius 2 is 1.96 bits per heavy atom. The molecule has 1 aliphatic heterocycles. The number of carbonyl (C=O) groups excluding carboxylic acids is 1. The zero-order chi connectivity index (χ0) is 20.1. The standard InChI is InChI=1S/C21H24ClFN4O/c1-3-26-9-11-27(12-10-26)20-8-7-16(14-19(20)23)15(2)24-25-21(28)17-5-4-6-18(22)13-17/h4-8,13-14H,3,9-12H2,1-2H3,(H,25,28)/p+1/b24-15-. The summed E-state index contributed by atoms with van der Waals surface area (Å²) < 4.78 is 14.7. The van der Waals surface area contributed by atoms with E-state index < -0.39 is 0 Å². The summed E-state index contributed by atoms with van der Waals surface area (Å²) >= 11 is 5.90. The topological polar surface area (TPSA) is 49.1 Å². The number of halogens is 2. The Labute approximate surface area is 169 Å². The molecule has 0 spiro atoms. The van der Waals surface area contributed by atoms with Crippen LogP contribution in [0.3, 0.4) is 0 Å². The van der Waals surface area contributed by atoms with E-state index in [-0.39, 0.29) is 11.7 Å². The molecule has 1 amide bonds. The lowest BCUT2D eigenvalue weighted by Gasteiger charge is -2.33. The minimum Gasteiger partial charge on any atom is -0.358 e. The zero-order valence-electron chi connectivity index (χ0n) is 16.1. The fourth-order valence-corrected chi connectivity index (χ4v) is 3.49. The van der Waals surface area contributed by atoms with Gasteiger partial charge in [-0.2, -0.15) is 5.10 Å². The Hall–Kier alpha value is -2.44. The molecule has 1 aliphatic rings. The van der Waals surface area contributed by atoms with Gasteiger partial charge in [0.2, 0.25) is 0 Å². The smallest absolute Gasteiger partial charge is 0.271 e. The van der Waals surface area contributed by atoms with Crippen molar-refractivity contribution in [2.24, 2.45) is 5.10 Å². The van der Waals surface area contributed by atoms with Gasteiger partial charge in [0.15, 0.2) is 0 Å². The number of hydrogen-bond acceptors (Lipinski definition) is 3. The molecule has 0 aromatic heterocycles. The van der Waals surface area contributed by atoms with Crippen LogP contribution >= 0.6 is 11.6 Å². The number of likely N-dealkylation sites (N-methyl/N-ethyl adjacent to an activating group) is 1. The van der Waals surface area contributed by atoms with Gasteiger partial charge < -0.3 is 9.80 Å². The van der Waals surface area contributed by atoms with Crippen molar-refractivity contribution < 1.29 is 14.1 Å². The number of hydrazone groups is 1. The first-order valence-electron chi connectivity index (χ1n) is 9.46. The number of rotatable bonds is 5. The van der Waals surface area contributed by atoms with E-state index >= 15 is 0 Å². The third-order valence-corrected chi connectivity index (χ3v) is 5.32. The second-order valence-corrected chi connectivity index (χ2v) is 7.34. The maximum Gasteiger partial charge on any atom is 0.271 e. The second-order valence-electron chi connectivity index (χ2n) is 6.91. The highest BCUT2D eigenvalue weighted by Crippen LogP contribution is 2.21. The van der Waals surface area contributed by atoms with Gasteiger partial charge in [-0.3, -0.25) is 4.79 Å². The highest BCUT2D eigenvalue weighted by atomic mass is 35.5. The van der Waals surface area contributed by atoms with Crippen LogP contribution in [0.1, 0.15) is 29.8 Å². The molecule has 2 N–H and O–H groups in total. The Morgan fingerprint density at radius 3 is 2.61 bits per heavy atom. The first-order valence-corrected chi connectivity index (χ1v) is 9.84. The number of nitrogens with one attached hydrogen (secondary N) is 2. The minimum absolute atomic E-state index is 0.270. The summed E-state index contributed by atoms with van der Waals surface area (Å²) in [6.45, 7) is 8.75. The quantitative estimate of drug-likeness (QED) is 0.594. The number of amides is 1. The van der Waals surface area contributed by atoms with Crippen molar-refractivity contribution in [1.82, 2.24) is 5.43 Å². The Morgan fingerprint density at radius 1 is 1.21 bits per heavy atom. The van der Waals surface area contributed by atoms with Crippen molar-refractivity contribution in [1.29, 1.82) is 0 Å². The van der Waals surface area contributed by atoms with Gasteiger partial charge in [0, 0.05) is 16.1 Å². The van der Waals surface area contributed by atoms with Crippen molar-refractivity contribution >= 4 is 28.9 Å². The van der Waals surface area contributed by atoms with Gasteiger partial charge in [-0.15, -0.1) is 0 Å². The van der Waals surface area contributed by atoms with Crippen molar-refractivity contribution in [3.05, 3.63) is 64.4 Å². The lowest BCUT2D eigenvalue weighted by atomic mass is 10.1. The molecule has 7 heteroatoms. The molecule has 5 nitrogen and oxygen atoms in total. The number of benzene rings is 2. The van der Waals surface area contributed by atoms with Crippen LogP contribution in [0.15, 0.2) is 47.6 Å². The lowest BCUT2D eigenvalue weighted by Crippen LogP contribution is -3.14. The Bertz CT molecular complexity index is 878. The van der Waals surface area contributed by atoms with Crippen LogP contribution in [0, 0.1) is 5.82 Å². The highest BCUT2D eigenvalue weighted by Gasteiger charge is 2.21. The van der Waals surface area contributed by atoms with E-state index in [0.29, 0.717) is 27.5 Å². The monoisotopic (exact) mass is 403 g/mol. The lowest BCUT2D eigenvalue weighted by molar-refractivity contribution is -0.898. The average Bonchev–Trinajstić information content (AvgIpc) is 2.71. The number of hydrogen-bond donors (Lipinski definition) is 2. The SMILES string of the molecule is CC[NH+]1CCN(c2ccc(/C(C)=N\NC(=O)c3cccc(Cl)c3)cc2F)CC1. The van der Waals surface area contributed by atoms with E-state index in [1.54, 1.807) is 42.2 Å². The maximum absolute atomic E-state index is 14.7. The summed E-state index contributed by atoms with van der Waals surface area (Å²) in [6.07, 6.45) is 0. The summed E-state index contributed by atoms with van der Waals surface area (Å²) in [5.74, 6) is -0.636. The maximum atomic E-state index is 14.7. The molecule has 0 atom stereocenters. The second kappa shape index (κ2) is 9.17. The fourth-order valence-electron chi connectivity index (χ4n) is 3.30. The molecule has 1 saturated heterocycles. The number of nitrogens with zero attached hydrogens (tertiary/aromatic N) is 2. The third kappa shape index (κ3) is 4.88. The van der Waals surface area contributed by atoms with E-state index in [1.165, 1.54) is 6.07 Å². The van der Waals surface area contributed by atoms with Crippen LogP contribution < -0.4 is 15.2 Å². The van der Waals surface area contributed by atoms with E-state index in [1.807, 2.05) is 6.07 Å². The number of anilines is 1. The fraction of sp³-hybridized carbons (Fsp3) is 0.333. The van der Waals surface area contributed by atoms with Crippen molar-refractivity contribution in [2.45, 2.75) is 13.8 Å². The van der Waals surface area contributed by atoms with Crippen LogP contribution in [0.2, 0.25) is 5.02 Å². The predicted molar refractivity (Wildman–Crippen MR) is 111 cm³/mol. The average molecular weight is 404 g/mol. The normalized spacial score (nSPS) is 15.6. The summed E-state index contributed by atoms with van der Waals surface area (Å²) in [5, 5.41) is 4.57. The number of piperazine rings is 1. The molecular weight excluding hydrogens is 379 g/mol. The molecule has 0 bridgehead atoms. The first kappa shape index (κ1) is 20.3. The zero-order valence-corrected chi connectivity index (χ0v) is 16.9. The van der Waals surface area contributed by atoms with Gasteiger partial charge in [0.05, 0.1) is 44.1 Å². The summed E-state index contributed by atoms with van der Waals surface area (Å²) in [7, 11) is 0. The van der Waals surface area contributed by atoms with Crippen molar-refractivity contribution in [3.8, 4) is 0 Å². The Balaban J connectivity index is 1.67. The largest absolute Gasteiger partial charge is 0.358 e. The highest BCUT2D eigenvalue weighted by molar-refractivity contribution is 6.30. The molecule has 2 aromatic rings. The summed E-state index contributed by atoms with van der Waals surface area (Å²) in [5.41, 5.74) is 4.68. The number of quaternary nitrogens is 1. The Kier molecular flexibility index (Phi) is 6.65. The molecule has 0 radical (unpaired) electrons. The molecule has 28 heavy (non-hydrogen) atoms. The van der Waals surface area contributed by atoms with Crippen LogP contribution in [0.4, 0.5) is 10.1 Å². The van der Waals surface area contributed by atoms with E-state index in [9.17, 15) is 9.18 Å². The minimum atomic E-state index is -0.366. The summed E-state index contributed by atoms with van der Waals surface area (Å²) in [4.78, 5) is 15.8. The summed E-state index contributed by atoms with van der Waals surface area (Å²) in [6, 6.07) is 11.7. The molecule has 0 unspecified atom stereocenters. The van der Waals surface area contributed by atoms with Gasteiger partial charge >= 0.3 is 0 Å². The molecule has 3 rings (SSSR count). The van der Waals surface area contributed by atoms with Gasteiger partial charge in [0.1, 0.15) is 5.82 Å². The van der Waals surface area contributed by atoms with Crippen LogP contribution in [0.25, 0.3) is 0 Å².